The minimum atomic E-state index is -0.687. The molecule has 3 aliphatic rings. The van der Waals surface area contributed by atoms with Crippen LogP contribution in [-0.4, -0.2) is 48.1 Å². The van der Waals surface area contributed by atoms with E-state index in [9.17, 15) is 4.79 Å². The lowest BCUT2D eigenvalue weighted by molar-refractivity contribution is 0.0521. The maximum absolute atomic E-state index is 13.8. The first-order chi connectivity index (χ1) is 20.5. The van der Waals surface area contributed by atoms with Gasteiger partial charge >= 0.3 is 0 Å². The fraction of sp³-hybridized carbons (Fsp3) is 0.286. The molecular formula is C35H32O7. The van der Waals surface area contributed by atoms with Crippen LogP contribution >= 0.6 is 0 Å². The zero-order chi connectivity index (χ0) is 29.2. The van der Waals surface area contributed by atoms with Crippen molar-refractivity contribution in [2.24, 2.45) is 0 Å². The second-order valence-electron chi connectivity index (χ2n) is 10.8. The Morgan fingerprint density at radius 2 is 1.52 bits per heavy atom. The molecule has 1 spiro atoms. The quantitative estimate of drug-likeness (QED) is 0.242. The molecule has 0 saturated heterocycles. The van der Waals surface area contributed by atoms with Gasteiger partial charge in [0.15, 0.2) is 12.6 Å². The Bertz CT molecular complexity index is 1800. The minimum Gasteiger partial charge on any atom is -0.497 e. The molecule has 0 aliphatic heterocycles. The first kappa shape index (κ1) is 26.4. The number of hydrogen-bond acceptors (Lipinski definition) is 7. The molecule has 4 aromatic rings. The van der Waals surface area contributed by atoms with Crippen LogP contribution in [0.15, 0.2) is 66.2 Å². The summed E-state index contributed by atoms with van der Waals surface area (Å²) in [6.07, 6.45) is 3.25. The molecule has 4 aromatic carbocycles. The summed E-state index contributed by atoms with van der Waals surface area (Å²) in [5.74, 6) is 3.22. The number of carbonyl (C=O) groups is 1. The first-order valence-electron chi connectivity index (χ1n) is 14.0. The number of rotatable bonds is 7. The summed E-state index contributed by atoms with van der Waals surface area (Å²) in [6.45, 7) is 0.104. The number of benzene rings is 4. The third-order valence-corrected chi connectivity index (χ3v) is 9.19. The van der Waals surface area contributed by atoms with E-state index in [0.717, 1.165) is 62.1 Å². The summed E-state index contributed by atoms with van der Waals surface area (Å²) in [5.41, 5.74) is 6.36. The van der Waals surface area contributed by atoms with E-state index in [1.807, 2.05) is 36.4 Å². The van der Waals surface area contributed by atoms with E-state index in [1.165, 1.54) is 0 Å². The number of ether oxygens (including phenoxy) is 6. The van der Waals surface area contributed by atoms with Crippen LogP contribution in [-0.2, 0) is 16.6 Å². The lowest BCUT2D eigenvalue weighted by Crippen LogP contribution is -2.38. The highest BCUT2D eigenvalue weighted by Crippen LogP contribution is 2.66. The van der Waals surface area contributed by atoms with Gasteiger partial charge in [0.25, 0.3) is 0 Å². The van der Waals surface area contributed by atoms with E-state index in [-0.39, 0.29) is 18.5 Å². The van der Waals surface area contributed by atoms with Crippen LogP contribution < -0.4 is 23.7 Å². The van der Waals surface area contributed by atoms with E-state index < -0.39 is 5.41 Å². The highest BCUT2D eigenvalue weighted by molar-refractivity contribution is 6.12. The van der Waals surface area contributed by atoms with Gasteiger partial charge in [-0.05, 0) is 76.4 Å². The number of methoxy groups -OCH3 is 5. The largest absolute Gasteiger partial charge is 0.497 e. The number of hydrogen-bond donors (Lipinski definition) is 0. The first-order valence-corrected chi connectivity index (χ1v) is 14.0. The monoisotopic (exact) mass is 564 g/mol. The summed E-state index contributed by atoms with van der Waals surface area (Å²) >= 11 is 0. The predicted molar refractivity (Wildman–Crippen MR) is 159 cm³/mol. The van der Waals surface area contributed by atoms with E-state index in [2.05, 4.69) is 24.3 Å². The molecule has 214 valence electrons. The van der Waals surface area contributed by atoms with Gasteiger partial charge in [0.2, 0.25) is 0 Å². The van der Waals surface area contributed by atoms with Gasteiger partial charge in [-0.1, -0.05) is 29.8 Å². The topological polar surface area (TPSA) is 72.5 Å². The van der Waals surface area contributed by atoms with Gasteiger partial charge in [-0.3, -0.25) is 4.79 Å². The standard InChI is InChI=1S/C35H32O7/c1-37-18-42-29-13-11-22-31-25(12-14-28(40-4)33(29)31)35-19(15-26(36)32-24(35)7-6-8-27(32)39-3)9-10-21-23(34(22)35)16-20(38-2)17-30(21)41-5/h6-8,11-17,34H,9-10,18H2,1-5H3. The Kier molecular flexibility index (Phi) is 6.17. The van der Waals surface area contributed by atoms with Gasteiger partial charge in [0.05, 0.1) is 44.8 Å². The number of carbonyl (C=O) groups excluding carboxylic acids is 1. The van der Waals surface area contributed by atoms with Crippen molar-refractivity contribution in [3.63, 3.8) is 0 Å². The van der Waals surface area contributed by atoms with Crippen molar-refractivity contribution in [2.45, 2.75) is 24.2 Å². The third kappa shape index (κ3) is 3.34. The number of allylic oxidation sites excluding steroid dienone is 2. The van der Waals surface area contributed by atoms with Gasteiger partial charge < -0.3 is 28.4 Å². The van der Waals surface area contributed by atoms with Crippen LogP contribution in [0.3, 0.4) is 0 Å². The van der Waals surface area contributed by atoms with Crippen molar-refractivity contribution in [1.29, 1.82) is 0 Å². The van der Waals surface area contributed by atoms with Crippen LogP contribution in [0.2, 0.25) is 0 Å². The van der Waals surface area contributed by atoms with Crippen molar-refractivity contribution in [2.75, 3.05) is 42.3 Å². The van der Waals surface area contributed by atoms with Crippen molar-refractivity contribution in [3.8, 4) is 28.7 Å². The molecule has 7 heteroatoms. The van der Waals surface area contributed by atoms with Crippen molar-refractivity contribution in [1.82, 2.24) is 0 Å². The van der Waals surface area contributed by atoms with Gasteiger partial charge in [0.1, 0.15) is 28.7 Å². The molecule has 0 radical (unpaired) electrons. The summed E-state index contributed by atoms with van der Waals surface area (Å²) in [7, 11) is 8.26. The molecular weight excluding hydrogens is 532 g/mol. The van der Waals surface area contributed by atoms with E-state index in [0.29, 0.717) is 29.2 Å². The average molecular weight is 565 g/mol. The van der Waals surface area contributed by atoms with Crippen molar-refractivity contribution in [3.05, 3.63) is 99.6 Å². The van der Waals surface area contributed by atoms with Crippen LogP contribution in [0, 0.1) is 0 Å². The Morgan fingerprint density at radius 1 is 0.738 bits per heavy atom. The minimum absolute atomic E-state index is 0.0397. The highest BCUT2D eigenvalue weighted by atomic mass is 16.7. The Hall–Kier alpha value is -4.49. The van der Waals surface area contributed by atoms with Crippen molar-refractivity contribution < 1.29 is 33.2 Å². The molecule has 0 aromatic heterocycles. The molecule has 0 bridgehead atoms. The third-order valence-electron chi connectivity index (χ3n) is 9.19. The molecule has 0 amide bonds. The lowest BCUT2D eigenvalue weighted by atomic mass is 9.58. The number of ketones is 1. The van der Waals surface area contributed by atoms with Gasteiger partial charge in [0, 0.05) is 19.1 Å². The Balaban J connectivity index is 1.68. The molecule has 2 unspecified atom stereocenters. The van der Waals surface area contributed by atoms with Crippen LogP contribution in [0.5, 0.6) is 28.7 Å². The average Bonchev–Trinajstić information content (AvgIpc) is 3.23. The van der Waals surface area contributed by atoms with Gasteiger partial charge in [-0.15, -0.1) is 0 Å². The molecule has 3 aliphatic carbocycles. The smallest absolute Gasteiger partial charge is 0.189 e. The second-order valence-corrected chi connectivity index (χ2v) is 10.8. The molecule has 7 nitrogen and oxygen atoms in total. The van der Waals surface area contributed by atoms with E-state index in [4.69, 9.17) is 28.4 Å². The fourth-order valence-corrected chi connectivity index (χ4v) is 7.69. The SMILES string of the molecule is COCOc1ccc2c3c(ccc(OC)c13)C13C(=CC(=O)c4c(OC)cccc41)CCc1c(OC)cc(OC)cc1C23. The zero-order valence-electron chi connectivity index (χ0n) is 24.3. The second kappa shape index (κ2) is 9.81. The Morgan fingerprint density at radius 3 is 2.26 bits per heavy atom. The van der Waals surface area contributed by atoms with E-state index in [1.54, 1.807) is 35.5 Å². The maximum Gasteiger partial charge on any atom is 0.189 e. The molecule has 7 rings (SSSR count). The lowest BCUT2D eigenvalue weighted by Gasteiger charge is -2.43. The van der Waals surface area contributed by atoms with Gasteiger partial charge in [-0.2, -0.15) is 0 Å². The molecule has 0 saturated carbocycles. The summed E-state index contributed by atoms with van der Waals surface area (Å²) in [6, 6.07) is 18.3. The molecule has 0 N–H and O–H groups in total. The normalized spacial score (nSPS) is 19.6. The molecule has 2 atom stereocenters. The zero-order valence-corrected chi connectivity index (χ0v) is 24.3. The molecule has 0 heterocycles. The van der Waals surface area contributed by atoms with Gasteiger partial charge in [-0.25, -0.2) is 0 Å². The van der Waals surface area contributed by atoms with E-state index >= 15 is 0 Å². The molecule has 0 fully saturated rings. The van der Waals surface area contributed by atoms with Crippen molar-refractivity contribution >= 4 is 16.6 Å². The Labute approximate surface area is 244 Å². The van der Waals surface area contributed by atoms with Crippen LogP contribution in [0.25, 0.3) is 10.8 Å². The summed E-state index contributed by atoms with van der Waals surface area (Å²) in [5, 5.41) is 1.93. The summed E-state index contributed by atoms with van der Waals surface area (Å²) in [4.78, 5) is 13.8. The predicted octanol–water partition coefficient (Wildman–Crippen LogP) is 6.36. The molecule has 42 heavy (non-hydrogen) atoms. The fourth-order valence-electron chi connectivity index (χ4n) is 7.69. The number of fused-ring (bicyclic) bond motifs is 4. The maximum atomic E-state index is 13.8. The van der Waals surface area contributed by atoms with Crippen LogP contribution in [0.1, 0.15) is 50.5 Å². The highest BCUT2D eigenvalue weighted by Gasteiger charge is 2.57. The van der Waals surface area contributed by atoms with Crippen LogP contribution in [0.4, 0.5) is 0 Å². The summed E-state index contributed by atoms with van der Waals surface area (Å²) < 4.78 is 34.8.